The molecule has 0 spiro atoms. The maximum absolute atomic E-state index is 14.5. The van der Waals surface area contributed by atoms with E-state index in [1.807, 2.05) is 42.5 Å². The standard InChI is InChI=1S/C31H29N3O6/c1-38-21-13-11-18(12-14-21)22-16-23-26(28(35)25(22)30(36)39-2)24(19-8-7-15-33-17-19)27(31(37)40-3)29(32)34(23)20-9-5-4-6-10-20/h4-15,17,22,24-25H,16,32H2,1-3H3/t22-,24+,25-/m1/s1. The van der Waals surface area contributed by atoms with Crippen molar-refractivity contribution in [3.05, 3.63) is 113 Å². The summed E-state index contributed by atoms with van der Waals surface area (Å²) < 4.78 is 15.6. The van der Waals surface area contributed by atoms with E-state index in [2.05, 4.69) is 4.98 Å². The molecule has 0 unspecified atom stereocenters. The summed E-state index contributed by atoms with van der Waals surface area (Å²) in [5.74, 6) is -3.59. The van der Waals surface area contributed by atoms with Crippen LogP contribution in [0.25, 0.3) is 0 Å². The molecule has 2 heterocycles. The van der Waals surface area contributed by atoms with Crippen LogP contribution >= 0.6 is 0 Å². The van der Waals surface area contributed by atoms with Gasteiger partial charge in [0, 0.05) is 35.3 Å². The van der Waals surface area contributed by atoms with Crippen LogP contribution in [0, 0.1) is 5.92 Å². The van der Waals surface area contributed by atoms with Gasteiger partial charge in [-0.15, -0.1) is 0 Å². The number of carbonyl (C=O) groups excluding carboxylic acids is 3. The van der Waals surface area contributed by atoms with Crippen molar-refractivity contribution in [2.75, 3.05) is 26.2 Å². The first kappa shape index (κ1) is 26.7. The van der Waals surface area contributed by atoms with Crippen LogP contribution in [-0.2, 0) is 23.9 Å². The summed E-state index contributed by atoms with van der Waals surface area (Å²) in [5.41, 5.74) is 9.76. The highest BCUT2D eigenvalue weighted by atomic mass is 16.5. The third-order valence-electron chi connectivity index (χ3n) is 7.48. The predicted octanol–water partition coefficient (Wildman–Crippen LogP) is 3.84. The normalized spacial score (nSPS) is 20.6. The zero-order valence-electron chi connectivity index (χ0n) is 22.4. The Morgan fingerprint density at radius 2 is 1.65 bits per heavy atom. The van der Waals surface area contributed by atoms with Crippen LogP contribution in [-0.4, -0.2) is 44.0 Å². The van der Waals surface area contributed by atoms with Gasteiger partial charge in [-0.1, -0.05) is 36.4 Å². The first-order valence-electron chi connectivity index (χ1n) is 12.7. The average molecular weight is 540 g/mol. The Hall–Kier alpha value is -4.92. The summed E-state index contributed by atoms with van der Waals surface area (Å²) in [5, 5.41) is 0. The second-order valence-corrected chi connectivity index (χ2v) is 9.49. The Morgan fingerprint density at radius 3 is 2.25 bits per heavy atom. The van der Waals surface area contributed by atoms with Gasteiger partial charge in [0.25, 0.3) is 0 Å². The number of hydrogen-bond donors (Lipinski definition) is 1. The van der Waals surface area contributed by atoms with Gasteiger partial charge < -0.3 is 19.9 Å². The van der Waals surface area contributed by atoms with Gasteiger partial charge in [0.2, 0.25) is 0 Å². The van der Waals surface area contributed by atoms with Crippen LogP contribution in [0.15, 0.2) is 102 Å². The summed E-state index contributed by atoms with van der Waals surface area (Å²) in [6, 6.07) is 20.0. The van der Waals surface area contributed by atoms with Crippen LogP contribution in [0.3, 0.4) is 0 Å². The molecule has 3 aromatic rings. The van der Waals surface area contributed by atoms with E-state index in [1.54, 1.807) is 48.7 Å². The topological polar surface area (TPSA) is 121 Å². The molecule has 2 N–H and O–H groups in total. The van der Waals surface area contributed by atoms with Crippen molar-refractivity contribution in [3.63, 3.8) is 0 Å². The fourth-order valence-corrected chi connectivity index (χ4v) is 5.65. The Kier molecular flexibility index (Phi) is 7.37. The number of aromatic nitrogens is 1. The molecule has 0 saturated heterocycles. The van der Waals surface area contributed by atoms with E-state index < -0.39 is 35.5 Å². The van der Waals surface area contributed by atoms with Crippen molar-refractivity contribution in [1.82, 2.24) is 4.98 Å². The van der Waals surface area contributed by atoms with Crippen molar-refractivity contribution in [3.8, 4) is 5.75 Å². The number of rotatable bonds is 6. The number of nitrogens with zero attached hydrogens (tertiary/aromatic N) is 2. The molecule has 1 aliphatic heterocycles. The molecule has 0 radical (unpaired) electrons. The molecule has 204 valence electrons. The summed E-state index contributed by atoms with van der Waals surface area (Å²) in [7, 11) is 4.09. The summed E-state index contributed by atoms with van der Waals surface area (Å²) in [6.45, 7) is 0. The molecule has 1 aromatic heterocycles. The molecule has 0 amide bonds. The Bertz CT molecular complexity index is 1500. The highest BCUT2D eigenvalue weighted by molar-refractivity contribution is 6.14. The monoisotopic (exact) mass is 539 g/mol. The van der Waals surface area contributed by atoms with Crippen molar-refractivity contribution in [2.45, 2.75) is 18.3 Å². The number of methoxy groups -OCH3 is 3. The molecular weight excluding hydrogens is 510 g/mol. The van der Waals surface area contributed by atoms with Gasteiger partial charge in [-0.25, -0.2) is 4.79 Å². The van der Waals surface area contributed by atoms with Crippen LogP contribution in [0.5, 0.6) is 5.75 Å². The van der Waals surface area contributed by atoms with E-state index >= 15 is 0 Å². The van der Waals surface area contributed by atoms with E-state index in [4.69, 9.17) is 19.9 Å². The summed E-state index contributed by atoms with van der Waals surface area (Å²) >= 11 is 0. The molecule has 3 atom stereocenters. The molecular formula is C31H29N3O6. The summed E-state index contributed by atoms with van der Waals surface area (Å²) in [4.78, 5) is 47.0. The molecule has 2 aromatic carbocycles. The molecule has 9 heteroatoms. The molecule has 9 nitrogen and oxygen atoms in total. The number of allylic oxidation sites excluding steroid dienone is 2. The van der Waals surface area contributed by atoms with Crippen LogP contribution in [0.4, 0.5) is 5.69 Å². The van der Waals surface area contributed by atoms with Crippen LogP contribution in [0.1, 0.15) is 29.4 Å². The zero-order valence-corrected chi connectivity index (χ0v) is 22.4. The fourth-order valence-electron chi connectivity index (χ4n) is 5.65. The number of esters is 2. The van der Waals surface area contributed by atoms with Gasteiger partial charge in [-0.05, 0) is 47.9 Å². The van der Waals surface area contributed by atoms with Gasteiger partial charge in [0.05, 0.1) is 32.8 Å². The van der Waals surface area contributed by atoms with Crippen molar-refractivity contribution < 1.29 is 28.6 Å². The SMILES string of the molecule is COC(=O)C1=C(N)N(c2ccccc2)C2=C(C(=O)[C@H](C(=O)OC)[C@@H](c3ccc(OC)cc3)C2)[C@@H]1c1cccnc1. The molecule has 0 bridgehead atoms. The number of pyridine rings is 1. The first-order chi connectivity index (χ1) is 19.4. The minimum Gasteiger partial charge on any atom is -0.497 e. The van der Waals surface area contributed by atoms with Crippen molar-refractivity contribution in [2.24, 2.45) is 11.7 Å². The molecule has 2 aliphatic rings. The van der Waals surface area contributed by atoms with Crippen molar-refractivity contribution >= 4 is 23.4 Å². The van der Waals surface area contributed by atoms with Gasteiger partial charge in [-0.3, -0.25) is 19.5 Å². The zero-order chi connectivity index (χ0) is 28.4. The molecule has 40 heavy (non-hydrogen) atoms. The smallest absolute Gasteiger partial charge is 0.338 e. The van der Waals surface area contributed by atoms with Crippen LogP contribution < -0.4 is 15.4 Å². The number of nitrogens with two attached hydrogens (primary N) is 1. The second-order valence-electron chi connectivity index (χ2n) is 9.49. The number of hydrogen-bond acceptors (Lipinski definition) is 9. The number of ketones is 1. The Morgan fingerprint density at radius 1 is 0.925 bits per heavy atom. The maximum atomic E-state index is 14.5. The number of Topliss-reactive ketones (excluding diaryl/α,β-unsaturated/α-hetero) is 1. The van der Waals surface area contributed by atoms with Gasteiger partial charge in [0.15, 0.2) is 5.78 Å². The molecule has 0 saturated carbocycles. The lowest BCUT2D eigenvalue weighted by Gasteiger charge is -2.44. The lowest BCUT2D eigenvalue weighted by Crippen LogP contribution is -2.46. The molecule has 1 aliphatic carbocycles. The van der Waals surface area contributed by atoms with Crippen molar-refractivity contribution in [1.29, 1.82) is 0 Å². The van der Waals surface area contributed by atoms with Crippen LogP contribution in [0.2, 0.25) is 0 Å². The van der Waals surface area contributed by atoms with E-state index in [1.165, 1.54) is 14.2 Å². The van der Waals surface area contributed by atoms with E-state index in [9.17, 15) is 14.4 Å². The lowest BCUT2D eigenvalue weighted by atomic mass is 9.67. The highest BCUT2D eigenvalue weighted by Crippen LogP contribution is 2.51. The third kappa shape index (κ3) is 4.49. The highest BCUT2D eigenvalue weighted by Gasteiger charge is 2.51. The van der Waals surface area contributed by atoms with E-state index in [0.29, 0.717) is 22.7 Å². The second kappa shape index (κ2) is 11.1. The number of benzene rings is 2. The van der Waals surface area contributed by atoms with Gasteiger partial charge >= 0.3 is 11.9 Å². The van der Waals surface area contributed by atoms with Gasteiger partial charge in [-0.2, -0.15) is 0 Å². The predicted molar refractivity (Wildman–Crippen MR) is 147 cm³/mol. The van der Waals surface area contributed by atoms with Gasteiger partial charge in [0.1, 0.15) is 17.5 Å². The lowest BCUT2D eigenvalue weighted by molar-refractivity contribution is -0.150. The largest absolute Gasteiger partial charge is 0.497 e. The minimum absolute atomic E-state index is 0.0953. The van der Waals surface area contributed by atoms with E-state index in [0.717, 1.165) is 5.56 Å². The number of carbonyl (C=O) groups is 3. The van der Waals surface area contributed by atoms with E-state index in [-0.39, 0.29) is 23.4 Å². The Labute approximate surface area is 231 Å². The summed E-state index contributed by atoms with van der Waals surface area (Å²) in [6.07, 6.45) is 3.45. The Balaban J connectivity index is 1.79. The minimum atomic E-state index is -1.15. The average Bonchev–Trinajstić information content (AvgIpc) is 3.00. The third-order valence-corrected chi connectivity index (χ3v) is 7.48. The number of para-hydroxylation sites is 1. The number of anilines is 1. The maximum Gasteiger partial charge on any atom is 0.338 e. The number of ether oxygens (including phenoxy) is 3. The first-order valence-corrected chi connectivity index (χ1v) is 12.7. The molecule has 0 fully saturated rings. The molecule has 5 rings (SSSR count). The fraction of sp³-hybridized carbons (Fsp3) is 0.226. The quantitative estimate of drug-likeness (QED) is 0.368.